The number of thiocarbonyl (C=S) groups is 1. The number of para-hydroxylation sites is 2. The Hall–Kier alpha value is -6.84. The zero-order valence-corrected chi connectivity index (χ0v) is 29.6. The van der Waals surface area contributed by atoms with E-state index in [2.05, 4.69) is 4.98 Å². The molecule has 0 aliphatic carbocycles. The fourth-order valence-corrected chi connectivity index (χ4v) is 6.30. The molecule has 0 amide bonds. The van der Waals surface area contributed by atoms with Crippen LogP contribution in [-0.4, -0.2) is 51.1 Å². The van der Waals surface area contributed by atoms with Gasteiger partial charge in [-0.25, -0.2) is 14.6 Å². The number of hydrogen-bond donors (Lipinski definition) is 2. The lowest BCUT2D eigenvalue weighted by molar-refractivity contribution is -0.384. The van der Waals surface area contributed by atoms with Crippen molar-refractivity contribution in [2.75, 3.05) is 14.2 Å². The van der Waals surface area contributed by atoms with Gasteiger partial charge in [0, 0.05) is 45.3 Å². The minimum Gasteiger partial charge on any atom is -0.497 e. The van der Waals surface area contributed by atoms with Crippen molar-refractivity contribution in [3.05, 3.63) is 151 Å². The first-order valence-electron chi connectivity index (χ1n) is 15.4. The highest BCUT2D eigenvalue weighted by atomic mass is 32.1. The highest BCUT2D eigenvalue weighted by molar-refractivity contribution is 7.80. The monoisotopic (exact) mass is 748 g/mol. The van der Waals surface area contributed by atoms with Gasteiger partial charge in [0.1, 0.15) is 15.7 Å². The number of rotatable bonds is 10. The van der Waals surface area contributed by atoms with Crippen LogP contribution in [0, 0.1) is 20.2 Å². The highest BCUT2D eigenvalue weighted by Crippen LogP contribution is 2.37. The number of nitro benzene ring substituents is 2. The molecular formula is C38H28N4O9S2. The molecule has 0 unspecified atom stereocenters. The van der Waals surface area contributed by atoms with Crippen LogP contribution in [0.2, 0.25) is 0 Å². The number of carboxylic acids is 1. The molecule has 15 heteroatoms. The first-order chi connectivity index (χ1) is 25.4. The van der Waals surface area contributed by atoms with E-state index < -0.39 is 21.8 Å². The molecular weight excluding hydrogens is 721 g/mol. The molecule has 0 aliphatic rings. The zero-order valence-electron chi connectivity index (χ0n) is 27.9. The van der Waals surface area contributed by atoms with Crippen LogP contribution in [0.25, 0.3) is 44.1 Å². The van der Waals surface area contributed by atoms with Crippen molar-refractivity contribution >= 4 is 51.9 Å². The summed E-state index contributed by atoms with van der Waals surface area (Å²) in [6.45, 7) is 0. The van der Waals surface area contributed by atoms with Crippen LogP contribution in [0.5, 0.6) is 5.75 Å². The highest BCUT2D eigenvalue weighted by Gasteiger charge is 2.23. The predicted octanol–water partition coefficient (Wildman–Crippen LogP) is 8.44. The smallest absolute Gasteiger partial charge is 0.338 e. The number of benzene rings is 5. The molecule has 5 aromatic carbocycles. The summed E-state index contributed by atoms with van der Waals surface area (Å²) < 4.78 is 9.99. The number of nitrogens with zero attached hydrogens (tertiary/aromatic N) is 3. The molecule has 0 saturated carbocycles. The topological polar surface area (TPSA) is 198 Å². The average Bonchev–Trinajstić information content (AvgIpc) is 3.68. The Morgan fingerprint density at radius 3 is 1.92 bits per heavy atom. The SMILES string of the molecule is COC(=O)c1cc(C(N)=S)ccc1-c1ccccc1[N+](=O)[O-].COc1cccc(-c2csc(-c3ccc(-c4ccccc4[N+](=O)[O-])c(C(=O)O)c3)n2)c1. The normalized spacial score (nSPS) is 10.4. The Balaban J connectivity index is 0.000000217. The third-order valence-electron chi connectivity index (χ3n) is 7.86. The largest absolute Gasteiger partial charge is 0.497 e. The van der Waals surface area contributed by atoms with Crippen molar-refractivity contribution in [3.63, 3.8) is 0 Å². The summed E-state index contributed by atoms with van der Waals surface area (Å²) in [5, 5.41) is 34.9. The number of nitro groups is 2. The van der Waals surface area contributed by atoms with Crippen LogP contribution in [0.15, 0.2) is 115 Å². The van der Waals surface area contributed by atoms with Gasteiger partial charge >= 0.3 is 11.9 Å². The molecule has 0 atom stereocenters. The van der Waals surface area contributed by atoms with E-state index in [0.717, 1.165) is 11.3 Å². The van der Waals surface area contributed by atoms with Crippen LogP contribution in [-0.2, 0) is 4.74 Å². The number of nitrogens with two attached hydrogens (primary N) is 1. The summed E-state index contributed by atoms with van der Waals surface area (Å²) in [6, 6.07) is 29.2. The van der Waals surface area contributed by atoms with Gasteiger partial charge in [-0.1, -0.05) is 72.9 Å². The molecule has 0 fully saturated rings. The average molecular weight is 749 g/mol. The molecule has 0 spiro atoms. The maximum Gasteiger partial charge on any atom is 0.338 e. The number of methoxy groups -OCH3 is 2. The van der Waals surface area contributed by atoms with Crippen LogP contribution in [0.3, 0.4) is 0 Å². The van der Waals surface area contributed by atoms with Crippen LogP contribution < -0.4 is 10.5 Å². The zero-order chi connectivity index (χ0) is 38.2. The lowest BCUT2D eigenvalue weighted by atomic mass is 9.96. The number of esters is 1. The molecule has 0 aliphatic heterocycles. The number of hydrogen-bond acceptors (Lipinski definition) is 11. The van der Waals surface area contributed by atoms with E-state index in [0.29, 0.717) is 33.0 Å². The Morgan fingerprint density at radius 2 is 1.36 bits per heavy atom. The maximum atomic E-state index is 12.0. The van der Waals surface area contributed by atoms with Crippen LogP contribution in [0.4, 0.5) is 11.4 Å². The van der Waals surface area contributed by atoms with Crippen molar-refractivity contribution in [1.29, 1.82) is 0 Å². The summed E-state index contributed by atoms with van der Waals surface area (Å²) in [6.07, 6.45) is 0. The number of aromatic carboxylic acids is 1. The Kier molecular flexibility index (Phi) is 11.6. The quantitative estimate of drug-likeness (QED) is 0.0587. The van der Waals surface area contributed by atoms with E-state index in [1.807, 2.05) is 29.6 Å². The number of carboxylic acid groups (broad SMARTS) is 1. The molecule has 1 aromatic heterocycles. The number of aromatic nitrogens is 1. The number of ether oxygens (including phenoxy) is 2. The molecule has 266 valence electrons. The summed E-state index contributed by atoms with van der Waals surface area (Å²) in [5.41, 5.74) is 9.46. The second-order valence-corrected chi connectivity index (χ2v) is 12.3. The van der Waals surface area contributed by atoms with Gasteiger partial charge in [-0.15, -0.1) is 11.3 Å². The van der Waals surface area contributed by atoms with E-state index in [-0.39, 0.29) is 38.6 Å². The van der Waals surface area contributed by atoms with Crippen molar-refractivity contribution in [2.45, 2.75) is 0 Å². The fraction of sp³-hybridized carbons (Fsp3) is 0.0526. The molecule has 6 rings (SSSR count). The summed E-state index contributed by atoms with van der Waals surface area (Å²) >= 11 is 6.28. The van der Waals surface area contributed by atoms with Gasteiger partial charge in [0.05, 0.1) is 52.0 Å². The van der Waals surface area contributed by atoms with Crippen molar-refractivity contribution in [1.82, 2.24) is 4.98 Å². The number of thiazole rings is 1. The molecule has 6 aromatic rings. The second kappa shape index (κ2) is 16.5. The van der Waals surface area contributed by atoms with Crippen LogP contribution >= 0.6 is 23.6 Å². The summed E-state index contributed by atoms with van der Waals surface area (Å²) in [4.78, 5) is 50.2. The first kappa shape index (κ1) is 37.4. The minimum absolute atomic E-state index is 0.0232. The molecule has 53 heavy (non-hydrogen) atoms. The fourth-order valence-electron chi connectivity index (χ4n) is 5.34. The first-order valence-corrected chi connectivity index (χ1v) is 16.7. The minimum atomic E-state index is -1.17. The third kappa shape index (κ3) is 8.39. The molecule has 0 saturated heterocycles. The van der Waals surface area contributed by atoms with Gasteiger partial charge in [-0.05, 0) is 36.4 Å². The van der Waals surface area contributed by atoms with Gasteiger partial charge in [0.15, 0.2) is 0 Å². The van der Waals surface area contributed by atoms with Crippen molar-refractivity contribution < 1.29 is 34.0 Å². The van der Waals surface area contributed by atoms with Gasteiger partial charge in [0.2, 0.25) is 0 Å². The standard InChI is InChI=1S/C23H16N2O5S.C15H12N2O4S/c1-30-16-6-4-5-14(11-16)20-13-31-22(24-20)15-9-10-17(19(12-15)23(26)27)18-7-2-3-8-21(18)25(28)29;1-21-15(18)12-8-9(14(16)22)6-7-10(12)11-4-2-3-5-13(11)17(19)20/h2-13H,1H3,(H,26,27);2-8H,1H3,(H2,16,22). The van der Waals surface area contributed by atoms with Gasteiger partial charge in [-0.3, -0.25) is 20.2 Å². The molecule has 1 heterocycles. The van der Waals surface area contributed by atoms with Crippen LogP contribution in [0.1, 0.15) is 26.3 Å². The Morgan fingerprint density at radius 1 is 0.755 bits per heavy atom. The maximum absolute atomic E-state index is 12.0. The Bertz CT molecular complexity index is 2390. The van der Waals surface area contributed by atoms with E-state index in [1.54, 1.807) is 67.8 Å². The van der Waals surface area contributed by atoms with Gasteiger partial charge in [0.25, 0.3) is 11.4 Å². The third-order valence-corrected chi connectivity index (χ3v) is 8.98. The van der Waals surface area contributed by atoms with Crippen molar-refractivity contribution in [2.24, 2.45) is 5.73 Å². The lowest BCUT2D eigenvalue weighted by Crippen LogP contribution is -2.12. The molecule has 0 bridgehead atoms. The van der Waals surface area contributed by atoms with E-state index >= 15 is 0 Å². The van der Waals surface area contributed by atoms with E-state index in [4.69, 9.17) is 27.4 Å². The lowest BCUT2D eigenvalue weighted by Gasteiger charge is -2.10. The number of carbonyl (C=O) groups excluding carboxylic acids is 1. The van der Waals surface area contributed by atoms with Gasteiger partial charge < -0.3 is 20.3 Å². The van der Waals surface area contributed by atoms with Gasteiger partial charge in [-0.2, -0.15) is 0 Å². The molecule has 13 nitrogen and oxygen atoms in total. The van der Waals surface area contributed by atoms with E-state index in [9.17, 15) is 34.9 Å². The summed E-state index contributed by atoms with van der Waals surface area (Å²) in [5.74, 6) is -1.07. The Labute approximate surface area is 311 Å². The summed E-state index contributed by atoms with van der Waals surface area (Å²) in [7, 11) is 2.83. The predicted molar refractivity (Wildman–Crippen MR) is 204 cm³/mol. The van der Waals surface area contributed by atoms with E-state index in [1.165, 1.54) is 42.7 Å². The molecule has 0 radical (unpaired) electrons. The molecule has 3 N–H and O–H groups in total. The second-order valence-electron chi connectivity index (χ2n) is 11.0. The number of carbonyl (C=O) groups is 2. The van der Waals surface area contributed by atoms with Crippen molar-refractivity contribution in [3.8, 4) is 49.8 Å².